The van der Waals surface area contributed by atoms with E-state index >= 15 is 0 Å². The molecule has 2 aliphatic rings. The molecule has 1 aliphatic heterocycles. The van der Waals surface area contributed by atoms with E-state index in [9.17, 15) is 5.11 Å². The molecule has 1 saturated carbocycles. The lowest BCUT2D eigenvalue weighted by molar-refractivity contribution is -0.0458. The molecular weight excluding hydrogens is 128 g/mol. The average Bonchev–Trinajstić information content (AvgIpc) is 2.37. The van der Waals surface area contributed by atoms with Crippen LogP contribution in [0.1, 0.15) is 13.3 Å². The maximum absolute atomic E-state index is 9.79. The first-order valence-corrected chi connectivity index (χ1v) is 3.80. The van der Waals surface area contributed by atoms with Gasteiger partial charge in [-0.3, -0.25) is 0 Å². The van der Waals surface area contributed by atoms with Crippen molar-refractivity contribution in [3.05, 3.63) is 0 Å². The number of rotatable bonds is 1. The topological polar surface area (TPSA) is 58.3 Å². The molecule has 0 aromatic carbocycles. The molecule has 0 aromatic heterocycles. The second-order valence-electron chi connectivity index (χ2n) is 3.78. The van der Waals surface area contributed by atoms with Gasteiger partial charge in [0.2, 0.25) is 0 Å². The number of aliphatic hydroxyl groups is 1. The highest BCUT2D eigenvalue weighted by Gasteiger charge is 2.63. The van der Waals surface area contributed by atoms with Gasteiger partial charge < -0.3 is 16.2 Å². The predicted molar refractivity (Wildman–Crippen MR) is 38.5 cm³/mol. The molecule has 2 rings (SSSR count). The van der Waals surface area contributed by atoms with Crippen molar-refractivity contribution in [2.75, 3.05) is 13.1 Å². The fourth-order valence-corrected chi connectivity index (χ4v) is 1.79. The van der Waals surface area contributed by atoms with Gasteiger partial charge in [-0.25, -0.2) is 0 Å². The van der Waals surface area contributed by atoms with Gasteiger partial charge >= 0.3 is 0 Å². The molecule has 0 aromatic rings. The molecule has 0 spiro atoms. The van der Waals surface area contributed by atoms with Gasteiger partial charge in [0.1, 0.15) is 5.60 Å². The number of hydrogen-bond donors (Lipinski definition) is 3. The van der Waals surface area contributed by atoms with E-state index in [0.717, 1.165) is 6.42 Å². The Labute approximate surface area is 60.6 Å². The van der Waals surface area contributed by atoms with E-state index in [4.69, 9.17) is 5.73 Å². The van der Waals surface area contributed by atoms with Crippen molar-refractivity contribution >= 4 is 0 Å². The average molecular weight is 142 g/mol. The minimum Gasteiger partial charge on any atom is -0.385 e. The summed E-state index contributed by atoms with van der Waals surface area (Å²) in [6.07, 6.45) is 0.977. The van der Waals surface area contributed by atoms with Crippen LogP contribution in [-0.4, -0.2) is 29.3 Å². The molecule has 10 heavy (non-hydrogen) atoms. The molecule has 1 heterocycles. The van der Waals surface area contributed by atoms with Crippen molar-refractivity contribution in [2.45, 2.75) is 24.5 Å². The van der Waals surface area contributed by atoms with Gasteiger partial charge in [-0.05, 0) is 12.3 Å². The Hall–Kier alpha value is -0.120. The zero-order valence-corrected chi connectivity index (χ0v) is 6.22. The summed E-state index contributed by atoms with van der Waals surface area (Å²) in [6.45, 7) is 3.44. The Kier molecular flexibility index (Phi) is 1.02. The first-order valence-electron chi connectivity index (χ1n) is 3.80. The third-order valence-electron chi connectivity index (χ3n) is 3.06. The largest absolute Gasteiger partial charge is 0.385 e. The van der Waals surface area contributed by atoms with Gasteiger partial charge in [0, 0.05) is 13.1 Å². The first-order chi connectivity index (χ1) is 4.58. The minimum absolute atomic E-state index is 0.266. The second kappa shape index (κ2) is 1.55. The van der Waals surface area contributed by atoms with Crippen molar-refractivity contribution in [1.82, 2.24) is 5.32 Å². The van der Waals surface area contributed by atoms with Crippen LogP contribution in [0.25, 0.3) is 0 Å². The molecule has 2 unspecified atom stereocenters. The molecule has 3 heteroatoms. The van der Waals surface area contributed by atoms with Crippen LogP contribution in [-0.2, 0) is 0 Å². The zero-order chi connectivity index (χ0) is 7.41. The highest BCUT2D eigenvalue weighted by Crippen LogP contribution is 2.49. The number of nitrogens with two attached hydrogens (primary N) is 1. The Morgan fingerprint density at radius 3 is 2.20 bits per heavy atom. The van der Waals surface area contributed by atoms with Gasteiger partial charge in [-0.2, -0.15) is 0 Å². The standard InChI is InChI=1S/C7H14N2O/c1-5-2-7(5,8)6(10)3-9-4-6/h5,9-10H,2-4,8H2,1H3. The smallest absolute Gasteiger partial charge is 0.108 e. The Morgan fingerprint density at radius 2 is 2.10 bits per heavy atom. The van der Waals surface area contributed by atoms with Crippen LogP contribution < -0.4 is 11.1 Å². The quantitative estimate of drug-likeness (QED) is 0.443. The lowest BCUT2D eigenvalue weighted by Crippen LogP contribution is -2.70. The normalized spacial score (nSPS) is 50.1. The van der Waals surface area contributed by atoms with Gasteiger partial charge in [0.25, 0.3) is 0 Å². The molecular formula is C7H14N2O. The number of β-amino-alcohol motifs (C(OH)–C–C–N with tert-alkyl or cyclic N) is 1. The van der Waals surface area contributed by atoms with E-state index in [1.165, 1.54) is 0 Å². The third kappa shape index (κ3) is 0.557. The molecule has 0 radical (unpaired) electrons. The maximum atomic E-state index is 9.79. The summed E-state index contributed by atoms with van der Waals surface area (Å²) >= 11 is 0. The Morgan fingerprint density at radius 1 is 1.60 bits per heavy atom. The van der Waals surface area contributed by atoms with E-state index < -0.39 is 5.60 Å². The summed E-state index contributed by atoms with van der Waals surface area (Å²) in [5, 5.41) is 12.8. The van der Waals surface area contributed by atoms with E-state index in [1.54, 1.807) is 0 Å². The van der Waals surface area contributed by atoms with Crippen LogP contribution >= 0.6 is 0 Å². The fraction of sp³-hybridized carbons (Fsp3) is 1.00. The van der Waals surface area contributed by atoms with Crippen LogP contribution in [0.15, 0.2) is 0 Å². The minimum atomic E-state index is -0.591. The van der Waals surface area contributed by atoms with Crippen LogP contribution in [0.5, 0.6) is 0 Å². The van der Waals surface area contributed by atoms with E-state index in [-0.39, 0.29) is 5.54 Å². The lowest BCUT2D eigenvalue weighted by atomic mass is 9.85. The molecule has 1 saturated heterocycles. The fourth-order valence-electron chi connectivity index (χ4n) is 1.79. The number of nitrogens with one attached hydrogen (secondary N) is 1. The molecule has 0 bridgehead atoms. The Balaban J connectivity index is 2.11. The van der Waals surface area contributed by atoms with Crippen LogP contribution in [0.3, 0.4) is 0 Å². The molecule has 2 atom stereocenters. The monoisotopic (exact) mass is 142 g/mol. The predicted octanol–water partition coefficient (Wildman–Crippen LogP) is -0.942. The maximum Gasteiger partial charge on any atom is 0.108 e. The van der Waals surface area contributed by atoms with Crippen molar-refractivity contribution < 1.29 is 5.11 Å². The summed E-state index contributed by atoms with van der Waals surface area (Å²) in [4.78, 5) is 0. The summed E-state index contributed by atoms with van der Waals surface area (Å²) < 4.78 is 0. The van der Waals surface area contributed by atoms with E-state index in [0.29, 0.717) is 19.0 Å². The van der Waals surface area contributed by atoms with E-state index in [2.05, 4.69) is 12.2 Å². The first kappa shape index (κ1) is 6.58. The lowest BCUT2D eigenvalue weighted by Gasteiger charge is -2.43. The van der Waals surface area contributed by atoms with Crippen LogP contribution in [0.4, 0.5) is 0 Å². The summed E-state index contributed by atoms with van der Waals surface area (Å²) in [5.74, 6) is 0.500. The van der Waals surface area contributed by atoms with Crippen LogP contribution in [0.2, 0.25) is 0 Å². The summed E-state index contributed by atoms with van der Waals surface area (Å²) in [7, 11) is 0. The molecule has 4 N–H and O–H groups in total. The molecule has 0 amide bonds. The van der Waals surface area contributed by atoms with Crippen molar-refractivity contribution in [3.63, 3.8) is 0 Å². The second-order valence-corrected chi connectivity index (χ2v) is 3.78. The van der Waals surface area contributed by atoms with Gasteiger partial charge in [0.05, 0.1) is 5.54 Å². The molecule has 58 valence electrons. The van der Waals surface area contributed by atoms with Gasteiger partial charge in [-0.1, -0.05) is 6.92 Å². The Bertz CT molecular complexity index is 159. The molecule has 2 fully saturated rings. The van der Waals surface area contributed by atoms with E-state index in [1.807, 2.05) is 0 Å². The van der Waals surface area contributed by atoms with Crippen molar-refractivity contribution in [2.24, 2.45) is 11.7 Å². The highest BCUT2D eigenvalue weighted by atomic mass is 16.3. The zero-order valence-electron chi connectivity index (χ0n) is 6.22. The summed E-state index contributed by atoms with van der Waals surface area (Å²) in [5.41, 5.74) is 5.08. The van der Waals surface area contributed by atoms with Crippen molar-refractivity contribution in [3.8, 4) is 0 Å². The SMILES string of the molecule is CC1CC1(N)C1(O)CNC1. The van der Waals surface area contributed by atoms with Crippen LogP contribution in [0, 0.1) is 5.92 Å². The highest BCUT2D eigenvalue weighted by molar-refractivity contribution is 5.22. The van der Waals surface area contributed by atoms with Crippen molar-refractivity contribution in [1.29, 1.82) is 0 Å². The third-order valence-corrected chi connectivity index (χ3v) is 3.06. The molecule has 1 aliphatic carbocycles. The summed E-state index contributed by atoms with van der Waals surface area (Å²) in [6, 6.07) is 0. The number of hydrogen-bond acceptors (Lipinski definition) is 3. The van der Waals surface area contributed by atoms with Gasteiger partial charge in [-0.15, -0.1) is 0 Å². The molecule has 3 nitrogen and oxygen atoms in total. The van der Waals surface area contributed by atoms with Gasteiger partial charge in [0.15, 0.2) is 0 Å².